The Morgan fingerprint density at radius 1 is 1.36 bits per heavy atom. The van der Waals surface area contributed by atoms with Gasteiger partial charge < -0.3 is 10.4 Å². The SMILES string of the molecule is CC(C)O.NN1CCNCC1. The molecule has 0 amide bonds. The second-order valence-corrected chi connectivity index (χ2v) is 2.88. The Morgan fingerprint density at radius 2 is 1.73 bits per heavy atom. The zero-order valence-corrected chi connectivity index (χ0v) is 7.38. The van der Waals surface area contributed by atoms with E-state index in [2.05, 4.69) is 5.32 Å². The van der Waals surface area contributed by atoms with Crippen molar-refractivity contribution in [1.82, 2.24) is 10.3 Å². The van der Waals surface area contributed by atoms with Gasteiger partial charge in [0, 0.05) is 32.3 Å². The number of aliphatic hydroxyl groups excluding tert-OH is 1. The van der Waals surface area contributed by atoms with Gasteiger partial charge in [-0.15, -0.1) is 0 Å². The molecule has 0 aromatic carbocycles. The summed E-state index contributed by atoms with van der Waals surface area (Å²) in [5, 5.41) is 13.1. The molecule has 1 rings (SSSR count). The maximum absolute atomic E-state index is 8.06. The van der Waals surface area contributed by atoms with E-state index < -0.39 is 0 Å². The zero-order chi connectivity index (χ0) is 8.69. The van der Waals surface area contributed by atoms with Crippen molar-refractivity contribution in [3.8, 4) is 0 Å². The number of nitrogens with two attached hydrogens (primary N) is 1. The molecular formula is C7H19N3O. The lowest BCUT2D eigenvalue weighted by molar-refractivity contribution is 0.216. The predicted octanol–water partition coefficient (Wildman–Crippen LogP) is -0.848. The van der Waals surface area contributed by atoms with E-state index >= 15 is 0 Å². The number of hydrazine groups is 1. The van der Waals surface area contributed by atoms with Gasteiger partial charge in [0.05, 0.1) is 0 Å². The number of aliphatic hydroxyl groups is 1. The second kappa shape index (κ2) is 6.54. The van der Waals surface area contributed by atoms with Gasteiger partial charge in [0.25, 0.3) is 0 Å². The lowest BCUT2D eigenvalue weighted by atomic mass is 10.4. The van der Waals surface area contributed by atoms with Crippen molar-refractivity contribution < 1.29 is 5.11 Å². The van der Waals surface area contributed by atoms with Crippen LogP contribution in [-0.4, -0.2) is 42.4 Å². The van der Waals surface area contributed by atoms with Crippen molar-refractivity contribution >= 4 is 0 Å². The van der Waals surface area contributed by atoms with Gasteiger partial charge in [0.2, 0.25) is 0 Å². The highest BCUT2D eigenvalue weighted by atomic mass is 16.3. The highest BCUT2D eigenvalue weighted by Gasteiger charge is 2.01. The molecule has 0 saturated carbocycles. The molecule has 0 bridgehead atoms. The topological polar surface area (TPSA) is 61.5 Å². The lowest BCUT2D eigenvalue weighted by Gasteiger charge is -2.21. The molecule has 68 valence electrons. The number of nitrogens with zero attached hydrogens (tertiary/aromatic N) is 1. The predicted molar refractivity (Wildman–Crippen MR) is 46.0 cm³/mol. The van der Waals surface area contributed by atoms with E-state index in [1.807, 2.05) is 5.01 Å². The fourth-order valence-corrected chi connectivity index (χ4v) is 0.682. The van der Waals surface area contributed by atoms with Gasteiger partial charge in [-0.3, -0.25) is 5.84 Å². The molecular weight excluding hydrogens is 142 g/mol. The third kappa shape index (κ3) is 9.84. The first-order valence-corrected chi connectivity index (χ1v) is 4.01. The summed E-state index contributed by atoms with van der Waals surface area (Å²) in [5.74, 6) is 5.43. The summed E-state index contributed by atoms with van der Waals surface area (Å²) in [4.78, 5) is 0. The minimum absolute atomic E-state index is 0.167. The molecule has 1 fully saturated rings. The highest BCUT2D eigenvalue weighted by molar-refractivity contribution is 4.60. The molecule has 1 aliphatic rings. The molecule has 0 atom stereocenters. The number of piperazine rings is 1. The Bertz CT molecular complexity index is 79.0. The van der Waals surface area contributed by atoms with E-state index in [4.69, 9.17) is 10.9 Å². The maximum atomic E-state index is 8.06. The van der Waals surface area contributed by atoms with Crippen molar-refractivity contribution in [3.05, 3.63) is 0 Å². The number of rotatable bonds is 0. The van der Waals surface area contributed by atoms with Gasteiger partial charge in [0.15, 0.2) is 0 Å². The van der Waals surface area contributed by atoms with Crippen LogP contribution in [0.1, 0.15) is 13.8 Å². The molecule has 0 unspecified atom stereocenters. The van der Waals surface area contributed by atoms with Gasteiger partial charge >= 0.3 is 0 Å². The number of hydrogen-bond acceptors (Lipinski definition) is 4. The number of hydrogen-bond donors (Lipinski definition) is 3. The standard InChI is InChI=1S/C4H11N3.C3H8O/c5-7-3-1-6-2-4-7;1-3(2)4/h6H,1-5H2;3-4H,1-2H3. The average molecular weight is 161 g/mol. The molecule has 1 heterocycles. The summed E-state index contributed by atoms with van der Waals surface area (Å²) in [7, 11) is 0. The van der Waals surface area contributed by atoms with E-state index in [9.17, 15) is 0 Å². The van der Waals surface area contributed by atoms with Crippen molar-refractivity contribution in [3.63, 3.8) is 0 Å². The fraction of sp³-hybridized carbons (Fsp3) is 1.00. The molecule has 0 aromatic rings. The Kier molecular flexibility index (Phi) is 6.45. The third-order valence-electron chi connectivity index (χ3n) is 1.15. The highest BCUT2D eigenvalue weighted by Crippen LogP contribution is 1.79. The summed E-state index contributed by atoms with van der Waals surface area (Å²) in [6, 6.07) is 0. The van der Waals surface area contributed by atoms with E-state index in [1.54, 1.807) is 13.8 Å². The van der Waals surface area contributed by atoms with Crippen molar-refractivity contribution in [2.75, 3.05) is 26.2 Å². The van der Waals surface area contributed by atoms with Gasteiger partial charge in [-0.1, -0.05) is 0 Å². The van der Waals surface area contributed by atoms with Crippen molar-refractivity contribution in [2.45, 2.75) is 20.0 Å². The van der Waals surface area contributed by atoms with Gasteiger partial charge in [-0.2, -0.15) is 0 Å². The average Bonchev–Trinajstić information content (AvgIpc) is 1.87. The molecule has 0 aliphatic carbocycles. The normalized spacial score (nSPS) is 19.4. The minimum atomic E-state index is -0.167. The first kappa shape index (κ1) is 10.8. The minimum Gasteiger partial charge on any atom is -0.394 e. The zero-order valence-electron chi connectivity index (χ0n) is 7.38. The Morgan fingerprint density at radius 3 is 1.91 bits per heavy atom. The molecule has 0 radical (unpaired) electrons. The van der Waals surface area contributed by atoms with Gasteiger partial charge in [-0.05, 0) is 13.8 Å². The Labute approximate surface area is 68.3 Å². The van der Waals surface area contributed by atoms with Crippen molar-refractivity contribution in [2.24, 2.45) is 5.84 Å². The molecule has 0 spiro atoms. The van der Waals surface area contributed by atoms with Crippen LogP contribution < -0.4 is 11.2 Å². The monoisotopic (exact) mass is 161 g/mol. The van der Waals surface area contributed by atoms with Crippen LogP contribution in [0.4, 0.5) is 0 Å². The molecule has 1 aliphatic heterocycles. The number of nitrogens with one attached hydrogen (secondary N) is 1. The molecule has 4 N–H and O–H groups in total. The van der Waals surface area contributed by atoms with Crippen LogP contribution in [0.5, 0.6) is 0 Å². The smallest absolute Gasteiger partial charge is 0.0483 e. The van der Waals surface area contributed by atoms with E-state index in [0.717, 1.165) is 26.2 Å². The summed E-state index contributed by atoms with van der Waals surface area (Å²) in [6.07, 6.45) is -0.167. The molecule has 4 heteroatoms. The van der Waals surface area contributed by atoms with E-state index in [-0.39, 0.29) is 6.10 Å². The lowest BCUT2D eigenvalue weighted by Crippen LogP contribution is -2.47. The first-order chi connectivity index (χ1) is 5.13. The van der Waals surface area contributed by atoms with Crippen LogP contribution in [0.25, 0.3) is 0 Å². The summed E-state index contributed by atoms with van der Waals surface area (Å²) in [5.41, 5.74) is 0. The Hall–Kier alpha value is -0.160. The molecule has 0 aromatic heterocycles. The third-order valence-corrected chi connectivity index (χ3v) is 1.15. The van der Waals surface area contributed by atoms with Crippen LogP contribution in [0, 0.1) is 0 Å². The van der Waals surface area contributed by atoms with E-state index in [1.165, 1.54) is 0 Å². The molecule has 4 nitrogen and oxygen atoms in total. The summed E-state index contributed by atoms with van der Waals surface area (Å²) < 4.78 is 0. The van der Waals surface area contributed by atoms with Crippen LogP contribution in [0.3, 0.4) is 0 Å². The van der Waals surface area contributed by atoms with Gasteiger partial charge in [0.1, 0.15) is 0 Å². The molecule has 1 saturated heterocycles. The fourth-order valence-electron chi connectivity index (χ4n) is 0.682. The van der Waals surface area contributed by atoms with Crippen molar-refractivity contribution in [1.29, 1.82) is 0 Å². The van der Waals surface area contributed by atoms with Crippen LogP contribution in [0.2, 0.25) is 0 Å². The maximum Gasteiger partial charge on any atom is 0.0483 e. The van der Waals surface area contributed by atoms with E-state index in [0.29, 0.717) is 0 Å². The quantitative estimate of drug-likeness (QED) is 0.405. The largest absolute Gasteiger partial charge is 0.394 e. The second-order valence-electron chi connectivity index (χ2n) is 2.88. The summed E-state index contributed by atoms with van der Waals surface area (Å²) >= 11 is 0. The van der Waals surface area contributed by atoms with Crippen LogP contribution in [0.15, 0.2) is 0 Å². The first-order valence-electron chi connectivity index (χ1n) is 4.01. The van der Waals surface area contributed by atoms with Crippen LogP contribution >= 0.6 is 0 Å². The Balaban J connectivity index is 0.000000218. The molecule has 11 heavy (non-hydrogen) atoms. The van der Waals surface area contributed by atoms with Crippen LogP contribution in [-0.2, 0) is 0 Å². The van der Waals surface area contributed by atoms with Gasteiger partial charge in [-0.25, -0.2) is 5.01 Å². The summed E-state index contributed by atoms with van der Waals surface area (Å²) in [6.45, 7) is 7.49.